The van der Waals surface area contributed by atoms with Gasteiger partial charge in [-0.15, -0.1) is 0 Å². The van der Waals surface area contributed by atoms with Gasteiger partial charge in [-0.3, -0.25) is 9.59 Å². The van der Waals surface area contributed by atoms with Crippen LogP contribution in [0.3, 0.4) is 0 Å². The van der Waals surface area contributed by atoms with Gasteiger partial charge in [0.15, 0.2) is 0 Å². The lowest BCUT2D eigenvalue weighted by molar-refractivity contribution is -0.151. The molecule has 0 aliphatic heterocycles. The fourth-order valence-corrected chi connectivity index (χ4v) is 6.23. The van der Waals surface area contributed by atoms with E-state index < -0.39 is 18.2 Å². The van der Waals surface area contributed by atoms with E-state index in [2.05, 4.69) is 86.8 Å². The third-order valence-corrected chi connectivity index (χ3v) is 9.58. The zero-order chi connectivity index (χ0) is 38.9. The molecule has 3 unspecified atom stereocenters. The number of rotatable bonds is 38. The molecule has 0 heterocycles. The van der Waals surface area contributed by atoms with Crippen LogP contribution in [0.1, 0.15) is 201 Å². The van der Waals surface area contributed by atoms with Crippen LogP contribution in [0.5, 0.6) is 0 Å². The van der Waals surface area contributed by atoms with Gasteiger partial charge in [0.1, 0.15) is 6.10 Å². The summed E-state index contributed by atoms with van der Waals surface area (Å²) in [6.45, 7) is 6.27. The maximum absolute atomic E-state index is 13.1. The van der Waals surface area contributed by atoms with E-state index in [0.717, 1.165) is 83.5 Å². The highest BCUT2D eigenvalue weighted by molar-refractivity contribution is 5.77. The Morgan fingerprint density at radius 1 is 0.566 bits per heavy atom. The minimum Gasteiger partial charge on any atom is -0.462 e. The topological polar surface area (TPSA) is 95.9 Å². The Balaban J connectivity index is 4.74. The molecule has 306 valence electrons. The molecule has 0 aromatic carbocycles. The first kappa shape index (κ1) is 50.6. The second-order valence-electron chi connectivity index (χ2n) is 14.7. The molecule has 3 atom stereocenters. The number of hydrogen-bond donors (Lipinski definition) is 3. The molecule has 0 bridgehead atoms. The van der Waals surface area contributed by atoms with Crippen molar-refractivity contribution < 1.29 is 24.5 Å². The quantitative estimate of drug-likeness (QED) is 0.0333. The Kier molecular flexibility index (Phi) is 38.9. The van der Waals surface area contributed by atoms with Gasteiger partial charge in [0.2, 0.25) is 5.91 Å². The third kappa shape index (κ3) is 36.3. The number of hydrogen-bond acceptors (Lipinski definition) is 5. The van der Waals surface area contributed by atoms with E-state index in [1.807, 2.05) is 0 Å². The molecule has 0 saturated carbocycles. The summed E-state index contributed by atoms with van der Waals surface area (Å²) in [4.78, 5) is 25.9. The summed E-state index contributed by atoms with van der Waals surface area (Å²) in [6, 6.07) is -0.718. The molecule has 1 amide bonds. The van der Waals surface area contributed by atoms with Crippen LogP contribution in [0, 0.1) is 0 Å². The van der Waals surface area contributed by atoms with Gasteiger partial charge in [0, 0.05) is 6.42 Å². The fourth-order valence-electron chi connectivity index (χ4n) is 6.23. The van der Waals surface area contributed by atoms with Crippen molar-refractivity contribution in [3.05, 3.63) is 60.8 Å². The summed E-state index contributed by atoms with van der Waals surface area (Å²) in [7, 11) is 0. The molecule has 53 heavy (non-hydrogen) atoms. The van der Waals surface area contributed by atoms with Gasteiger partial charge in [0.05, 0.1) is 25.2 Å². The lowest BCUT2D eigenvalue weighted by Gasteiger charge is -2.24. The van der Waals surface area contributed by atoms with Crippen LogP contribution < -0.4 is 5.32 Å². The van der Waals surface area contributed by atoms with E-state index in [9.17, 15) is 19.8 Å². The minimum absolute atomic E-state index is 0.0347. The molecule has 0 aliphatic rings. The van der Waals surface area contributed by atoms with Crippen molar-refractivity contribution in [2.45, 2.75) is 219 Å². The smallest absolute Gasteiger partial charge is 0.306 e. The zero-order valence-electron chi connectivity index (χ0n) is 34.6. The number of esters is 1. The highest BCUT2D eigenvalue weighted by atomic mass is 16.5. The number of carbonyl (C=O) groups is 2. The van der Waals surface area contributed by atoms with Crippen LogP contribution in [0.15, 0.2) is 60.8 Å². The van der Waals surface area contributed by atoms with E-state index in [0.29, 0.717) is 19.3 Å². The van der Waals surface area contributed by atoms with Crippen molar-refractivity contribution in [3.63, 3.8) is 0 Å². The summed E-state index contributed by atoms with van der Waals surface area (Å²) in [5, 5.41) is 23.5. The van der Waals surface area contributed by atoms with Gasteiger partial charge in [-0.05, 0) is 77.0 Å². The fraction of sp³-hybridized carbons (Fsp3) is 0.745. The first-order valence-corrected chi connectivity index (χ1v) is 22.0. The molecule has 6 heteroatoms. The number of unbranched alkanes of at least 4 members (excludes halogenated alkanes) is 16. The summed E-state index contributed by atoms with van der Waals surface area (Å²) < 4.78 is 5.86. The molecule has 3 N–H and O–H groups in total. The van der Waals surface area contributed by atoms with E-state index in [1.54, 1.807) is 0 Å². The van der Waals surface area contributed by atoms with Crippen LogP contribution in [0.25, 0.3) is 0 Å². The van der Waals surface area contributed by atoms with Crippen molar-refractivity contribution >= 4 is 11.9 Å². The molecule has 0 rings (SSSR count). The molecular weight excluding hydrogens is 659 g/mol. The average Bonchev–Trinajstić information content (AvgIpc) is 3.15. The molecule has 0 spiro atoms. The Morgan fingerprint density at radius 2 is 1.06 bits per heavy atom. The molecule has 6 nitrogen and oxygen atoms in total. The molecule has 0 aromatic heterocycles. The van der Waals surface area contributed by atoms with Crippen molar-refractivity contribution in [2.24, 2.45) is 0 Å². The second kappa shape index (κ2) is 40.7. The number of aliphatic hydroxyl groups is 2. The third-order valence-electron chi connectivity index (χ3n) is 9.58. The average molecular weight is 742 g/mol. The maximum atomic E-state index is 13.1. The number of nitrogens with one attached hydrogen (secondary N) is 1. The standard InChI is InChI=1S/C47H83NO5/c1-4-7-10-13-16-19-21-22-23-25-27-29-32-35-38-43(53-47(52)40-37-34-31-28-24-20-17-14-11-8-5-2)41-46(51)48-44(42-49)45(50)39-36-33-30-26-18-15-12-9-6-3/h7,10,14,16-17,19,22-23,27,29,43-45,49-50H,4-6,8-9,11-13,15,18,20-21,24-26,28,30-42H2,1-3H3,(H,48,51)/b10-7+,17-14-,19-16+,23-22+,29-27+. The number of ether oxygens (including phenoxy) is 1. The van der Waals surface area contributed by atoms with Crippen LogP contribution in [0.4, 0.5) is 0 Å². The molecular formula is C47H83NO5. The van der Waals surface area contributed by atoms with E-state index in [-0.39, 0.29) is 24.9 Å². The predicted molar refractivity (Wildman–Crippen MR) is 227 cm³/mol. The normalized spacial score (nSPS) is 14.0. The van der Waals surface area contributed by atoms with Gasteiger partial charge in [0.25, 0.3) is 0 Å². The first-order valence-electron chi connectivity index (χ1n) is 22.0. The molecule has 0 aliphatic carbocycles. The van der Waals surface area contributed by atoms with Crippen LogP contribution >= 0.6 is 0 Å². The Bertz CT molecular complexity index is 968. The van der Waals surface area contributed by atoms with E-state index >= 15 is 0 Å². The van der Waals surface area contributed by atoms with Crippen LogP contribution in [0.2, 0.25) is 0 Å². The lowest BCUT2D eigenvalue weighted by atomic mass is 10.0. The number of amides is 1. The number of carbonyl (C=O) groups excluding carboxylic acids is 2. The van der Waals surface area contributed by atoms with Crippen LogP contribution in [-0.4, -0.2) is 46.9 Å². The van der Waals surface area contributed by atoms with Crippen molar-refractivity contribution in [1.82, 2.24) is 5.32 Å². The molecule has 0 radical (unpaired) electrons. The summed E-state index contributed by atoms with van der Waals surface area (Å²) in [5.41, 5.74) is 0. The number of allylic oxidation sites excluding steroid dienone is 10. The molecule has 0 saturated heterocycles. The lowest BCUT2D eigenvalue weighted by Crippen LogP contribution is -2.46. The highest BCUT2D eigenvalue weighted by Crippen LogP contribution is 2.16. The molecule has 0 fully saturated rings. The summed E-state index contributed by atoms with van der Waals surface area (Å²) in [5.74, 6) is -0.547. The second-order valence-corrected chi connectivity index (χ2v) is 14.7. The van der Waals surface area contributed by atoms with Crippen LogP contribution in [-0.2, 0) is 14.3 Å². The maximum Gasteiger partial charge on any atom is 0.306 e. The highest BCUT2D eigenvalue weighted by Gasteiger charge is 2.24. The van der Waals surface area contributed by atoms with E-state index in [1.165, 1.54) is 70.6 Å². The zero-order valence-corrected chi connectivity index (χ0v) is 34.6. The Labute approximate surface area is 327 Å². The minimum atomic E-state index is -0.801. The van der Waals surface area contributed by atoms with Gasteiger partial charge < -0.3 is 20.3 Å². The van der Waals surface area contributed by atoms with Gasteiger partial charge in [-0.1, -0.05) is 171 Å². The largest absolute Gasteiger partial charge is 0.462 e. The SMILES string of the molecule is CC/C=C/C/C=C/C/C=C/C/C=C/CCCC(CC(=O)NC(CO)C(O)CCCCCCCCCCC)OC(=O)CCCCCCC/C=C\CCCC. The number of aliphatic hydroxyl groups excluding tert-OH is 2. The monoisotopic (exact) mass is 742 g/mol. The van der Waals surface area contributed by atoms with Gasteiger partial charge >= 0.3 is 5.97 Å². The Hall–Kier alpha value is -2.44. The first-order chi connectivity index (χ1) is 26.0. The van der Waals surface area contributed by atoms with E-state index in [4.69, 9.17) is 4.74 Å². The van der Waals surface area contributed by atoms with Crippen molar-refractivity contribution in [2.75, 3.05) is 6.61 Å². The van der Waals surface area contributed by atoms with Gasteiger partial charge in [-0.25, -0.2) is 0 Å². The predicted octanol–water partition coefficient (Wildman–Crippen LogP) is 12.5. The Morgan fingerprint density at radius 3 is 1.66 bits per heavy atom. The van der Waals surface area contributed by atoms with Crippen molar-refractivity contribution in [1.29, 1.82) is 0 Å². The summed E-state index contributed by atoms with van der Waals surface area (Å²) >= 11 is 0. The molecule has 0 aromatic rings. The van der Waals surface area contributed by atoms with Crippen molar-refractivity contribution in [3.8, 4) is 0 Å². The summed E-state index contributed by atoms with van der Waals surface area (Å²) in [6.07, 6.45) is 48.6. The van der Waals surface area contributed by atoms with Gasteiger partial charge in [-0.2, -0.15) is 0 Å².